The van der Waals surface area contributed by atoms with Crippen LogP contribution in [0.25, 0.3) is 0 Å². The molecular weight excluding hydrogens is 977 g/mol. The molecule has 0 aliphatic rings. The van der Waals surface area contributed by atoms with E-state index >= 15 is 0 Å². The molecule has 9 N–H and O–H groups in total. The molecule has 0 aromatic rings. The molecule has 0 saturated carbocycles. The lowest BCUT2D eigenvalue weighted by molar-refractivity contribution is -0.152. The molecule has 0 fully saturated rings. The summed E-state index contributed by atoms with van der Waals surface area (Å²) < 4.78 is 5.09. The van der Waals surface area contributed by atoms with E-state index in [1.54, 1.807) is 38.0 Å². The van der Waals surface area contributed by atoms with Crippen LogP contribution in [0.1, 0.15) is 109 Å². The Balaban J connectivity index is 5.68. The van der Waals surface area contributed by atoms with Crippen molar-refractivity contribution in [3.05, 3.63) is 0 Å². The first-order valence-electron chi connectivity index (χ1n) is 26.1. The van der Waals surface area contributed by atoms with Crippen molar-refractivity contribution in [2.75, 3.05) is 128 Å². The minimum atomic E-state index is -1.05. The molecule has 0 aliphatic carbocycles. The number of Topliss-reactive ketones (excluding diaryl/α,β-unsaturated/α-hetero) is 2. The number of rotatable bonds is 45. The molecule has 430 valence electrons. The molecule has 0 unspecified atom stereocenters. The Labute approximate surface area is 444 Å². The Hall–Kier alpha value is -5.63. The number of ketones is 2. The van der Waals surface area contributed by atoms with E-state index in [-0.39, 0.29) is 101 Å². The summed E-state index contributed by atoms with van der Waals surface area (Å²) in [6.45, 7) is 0.691. The van der Waals surface area contributed by atoms with Crippen molar-refractivity contribution in [3.8, 4) is 0 Å². The molecule has 0 heterocycles. The van der Waals surface area contributed by atoms with E-state index < -0.39 is 72.6 Å². The molecule has 75 heavy (non-hydrogen) atoms. The number of carbonyl (C=O) groups excluding carboxylic acids is 10. The van der Waals surface area contributed by atoms with Gasteiger partial charge >= 0.3 is 11.9 Å². The summed E-state index contributed by atoms with van der Waals surface area (Å²) in [7, 11) is 14.2. The third kappa shape index (κ3) is 39.5. The Bertz CT molecular complexity index is 1700. The molecule has 0 aromatic carbocycles. The van der Waals surface area contributed by atoms with Crippen LogP contribution in [0.3, 0.4) is 0 Å². The number of amides is 7. The van der Waals surface area contributed by atoms with Gasteiger partial charge in [0, 0.05) is 52.1 Å². The average molecular weight is 1070 g/mol. The van der Waals surface area contributed by atoms with Gasteiger partial charge in [-0.2, -0.15) is 0 Å². The predicted octanol–water partition coefficient (Wildman–Crippen LogP) is -1.78. The first-order chi connectivity index (χ1) is 35.4. The SMILES string of the molecule is CN(C)CC(=O)CCCCC[C@H](NC(=O)CN(C)C)C(=O)NCCCN(CCCNC(=O)[C@H](CCCCCC(=O)CN(C)C)NC(=O)CN(C)C)C(=O)CC(=O)OCC(=O)NCCCC[C@H](N)C(=O)NCCC(=O)O. The average Bonchev–Trinajstić information content (AvgIpc) is 3.30. The maximum atomic E-state index is 13.6. The van der Waals surface area contributed by atoms with E-state index in [0.717, 1.165) is 0 Å². The van der Waals surface area contributed by atoms with Crippen LogP contribution in [-0.4, -0.2) is 241 Å². The normalized spacial score (nSPS) is 12.4. The molecule has 0 rings (SSSR count). The highest BCUT2D eigenvalue weighted by atomic mass is 16.5. The van der Waals surface area contributed by atoms with Crippen molar-refractivity contribution in [3.63, 3.8) is 0 Å². The van der Waals surface area contributed by atoms with Crippen molar-refractivity contribution in [2.45, 2.75) is 127 Å². The van der Waals surface area contributed by atoms with Gasteiger partial charge in [0.1, 0.15) is 30.1 Å². The molecule has 0 spiro atoms. The second-order valence-corrected chi connectivity index (χ2v) is 19.9. The number of unbranched alkanes of at least 4 members (excludes halogenated alkanes) is 5. The quantitative estimate of drug-likeness (QED) is 0.0190. The van der Waals surface area contributed by atoms with E-state index in [2.05, 4.69) is 31.9 Å². The minimum absolute atomic E-state index is 0.0426. The summed E-state index contributed by atoms with van der Waals surface area (Å²) in [5, 5.41) is 25.0. The van der Waals surface area contributed by atoms with Crippen molar-refractivity contribution < 1.29 is 62.6 Å². The number of carbonyl (C=O) groups is 11. The number of carboxylic acids is 1. The van der Waals surface area contributed by atoms with Gasteiger partial charge < -0.3 is 72.0 Å². The maximum absolute atomic E-state index is 13.6. The number of nitrogens with one attached hydrogen (secondary N) is 6. The second kappa shape index (κ2) is 41.6. The molecule has 0 bridgehead atoms. The molecule has 25 heteroatoms. The number of nitrogens with two attached hydrogens (primary N) is 1. The van der Waals surface area contributed by atoms with Gasteiger partial charge in [-0.25, -0.2) is 0 Å². The lowest BCUT2D eigenvalue weighted by Gasteiger charge is -2.24. The minimum Gasteiger partial charge on any atom is -0.481 e. The molecule has 3 atom stereocenters. The van der Waals surface area contributed by atoms with Crippen LogP contribution in [0.5, 0.6) is 0 Å². The standard InChI is InChI=1S/C50H92N12O13/c1-58(2)32-37(63)19-11-9-13-22-40(56-42(65)34-60(5)6)49(73)53-26-17-29-62(45(68)31-47(71)75-36-44(67)52-25-16-15-21-39(51)48(72)55-28-24-46(69)70)30-18-27-54-50(74)41(57-43(66)35-61(7)8)23-14-10-12-20-38(64)33-59(3)4/h39-41H,9-36,51H2,1-8H3,(H,52,67)(H,53,73)(H,54,74)(H,55,72)(H,56,65)(H,57,66)(H,69,70)/t39-,40-,41-/m0/s1. The third-order valence-electron chi connectivity index (χ3n) is 11.2. The fourth-order valence-electron chi connectivity index (χ4n) is 7.48. The fourth-order valence-corrected chi connectivity index (χ4v) is 7.48. The highest BCUT2D eigenvalue weighted by molar-refractivity contribution is 5.95. The molecule has 0 saturated heterocycles. The largest absolute Gasteiger partial charge is 0.481 e. The van der Waals surface area contributed by atoms with Gasteiger partial charge in [0.25, 0.3) is 5.91 Å². The Morgan fingerprint density at radius 3 is 1.33 bits per heavy atom. The van der Waals surface area contributed by atoms with Crippen molar-refractivity contribution in [1.29, 1.82) is 0 Å². The third-order valence-corrected chi connectivity index (χ3v) is 11.2. The van der Waals surface area contributed by atoms with Gasteiger partial charge in [-0.3, -0.25) is 52.7 Å². The Morgan fingerprint density at radius 2 is 0.893 bits per heavy atom. The van der Waals surface area contributed by atoms with E-state index in [1.807, 2.05) is 38.0 Å². The highest BCUT2D eigenvalue weighted by Gasteiger charge is 2.24. The molecule has 7 amide bonds. The van der Waals surface area contributed by atoms with Gasteiger partial charge in [-0.15, -0.1) is 0 Å². The van der Waals surface area contributed by atoms with Crippen LogP contribution in [0.15, 0.2) is 0 Å². The predicted molar refractivity (Wildman–Crippen MR) is 282 cm³/mol. The van der Waals surface area contributed by atoms with E-state index in [9.17, 15) is 52.7 Å². The van der Waals surface area contributed by atoms with Crippen molar-refractivity contribution in [1.82, 2.24) is 56.4 Å². The zero-order valence-corrected chi connectivity index (χ0v) is 46.2. The van der Waals surface area contributed by atoms with Gasteiger partial charge in [-0.05, 0) is 114 Å². The van der Waals surface area contributed by atoms with Gasteiger partial charge in [0.05, 0.1) is 38.6 Å². The van der Waals surface area contributed by atoms with E-state index in [1.165, 1.54) is 4.90 Å². The topological polar surface area (TPSA) is 332 Å². The van der Waals surface area contributed by atoms with Crippen LogP contribution >= 0.6 is 0 Å². The fraction of sp³-hybridized carbons (Fsp3) is 0.780. The molecule has 0 aromatic heterocycles. The number of hydrogen-bond donors (Lipinski definition) is 8. The summed E-state index contributed by atoms with van der Waals surface area (Å²) in [4.78, 5) is 146. The molecular formula is C50H92N12O13. The summed E-state index contributed by atoms with van der Waals surface area (Å²) in [5.41, 5.74) is 5.85. The highest BCUT2D eigenvalue weighted by Crippen LogP contribution is 2.10. The lowest BCUT2D eigenvalue weighted by atomic mass is 10.0. The Morgan fingerprint density at radius 1 is 0.467 bits per heavy atom. The second-order valence-electron chi connectivity index (χ2n) is 19.9. The lowest BCUT2D eigenvalue weighted by Crippen LogP contribution is -2.49. The number of ether oxygens (including phenoxy) is 1. The van der Waals surface area contributed by atoms with Gasteiger partial charge in [0.2, 0.25) is 35.4 Å². The summed E-state index contributed by atoms with van der Waals surface area (Å²) in [6, 6.07) is -2.53. The number of aliphatic carboxylic acids is 1. The van der Waals surface area contributed by atoms with Crippen LogP contribution in [0, 0.1) is 0 Å². The molecule has 0 radical (unpaired) electrons. The van der Waals surface area contributed by atoms with Crippen LogP contribution in [0.4, 0.5) is 0 Å². The van der Waals surface area contributed by atoms with Crippen LogP contribution < -0.4 is 37.6 Å². The van der Waals surface area contributed by atoms with E-state index in [0.29, 0.717) is 90.1 Å². The zero-order valence-electron chi connectivity index (χ0n) is 46.2. The Kier molecular flexibility index (Phi) is 38.5. The van der Waals surface area contributed by atoms with Crippen LogP contribution in [0.2, 0.25) is 0 Å². The van der Waals surface area contributed by atoms with Crippen molar-refractivity contribution >= 4 is 64.9 Å². The van der Waals surface area contributed by atoms with Gasteiger partial charge in [-0.1, -0.05) is 25.7 Å². The molecule has 25 nitrogen and oxygen atoms in total. The maximum Gasteiger partial charge on any atom is 0.315 e. The monoisotopic (exact) mass is 1070 g/mol. The van der Waals surface area contributed by atoms with E-state index in [4.69, 9.17) is 15.6 Å². The smallest absolute Gasteiger partial charge is 0.315 e. The molecule has 0 aliphatic heterocycles. The summed E-state index contributed by atoms with van der Waals surface area (Å²) >= 11 is 0. The summed E-state index contributed by atoms with van der Waals surface area (Å²) in [5.74, 6) is -5.00. The summed E-state index contributed by atoms with van der Waals surface area (Å²) in [6.07, 6.45) is 6.11. The number of nitrogens with zero attached hydrogens (tertiary/aromatic N) is 5. The van der Waals surface area contributed by atoms with Crippen molar-refractivity contribution in [2.24, 2.45) is 5.73 Å². The number of likely N-dealkylation sites (N-methyl/N-ethyl adjacent to an activating group) is 4. The first kappa shape index (κ1) is 69.4. The number of esters is 1. The first-order valence-corrected chi connectivity index (χ1v) is 26.1. The number of hydrogen-bond acceptors (Lipinski definition) is 17. The number of carboxylic acid groups (broad SMARTS) is 1. The van der Waals surface area contributed by atoms with Crippen LogP contribution in [-0.2, 0) is 57.5 Å². The zero-order chi connectivity index (χ0) is 56.7. The van der Waals surface area contributed by atoms with Gasteiger partial charge in [0.15, 0.2) is 6.61 Å².